The molecule has 0 saturated carbocycles. The van der Waals surface area contributed by atoms with Gasteiger partial charge in [-0.05, 0) is 5.56 Å². The van der Waals surface area contributed by atoms with E-state index in [0.717, 1.165) is 17.7 Å². The van der Waals surface area contributed by atoms with Gasteiger partial charge in [0, 0.05) is 23.8 Å². The van der Waals surface area contributed by atoms with Crippen LogP contribution in [0.4, 0.5) is 0 Å². The van der Waals surface area contributed by atoms with E-state index >= 15 is 0 Å². The molecule has 0 amide bonds. The summed E-state index contributed by atoms with van der Waals surface area (Å²) in [6, 6.07) is 20.8. The minimum atomic E-state index is 0.882. The maximum absolute atomic E-state index is 4.64. The third-order valence-electron chi connectivity index (χ3n) is 3.13. The summed E-state index contributed by atoms with van der Waals surface area (Å²) in [4.78, 5) is 4.64. The van der Waals surface area contributed by atoms with Crippen molar-refractivity contribution in [2.75, 3.05) is 0 Å². The minimum absolute atomic E-state index is 0.882. The fraction of sp³-hybridized carbons (Fsp3) is 0.0556. The van der Waals surface area contributed by atoms with E-state index in [1.165, 1.54) is 11.1 Å². The fourth-order valence-corrected chi connectivity index (χ4v) is 2.22. The van der Waals surface area contributed by atoms with Crippen LogP contribution < -0.4 is 0 Å². The Morgan fingerprint density at radius 3 is 2.05 bits per heavy atom. The van der Waals surface area contributed by atoms with Gasteiger partial charge in [-0.15, -0.1) is 0 Å². The third kappa shape index (κ3) is 2.55. The Balaban J connectivity index is 2.19. The van der Waals surface area contributed by atoms with E-state index in [9.17, 15) is 0 Å². The molecule has 0 spiro atoms. The summed E-state index contributed by atoms with van der Waals surface area (Å²) < 4.78 is 0. The zero-order valence-corrected chi connectivity index (χ0v) is 10.7. The maximum Gasteiger partial charge on any atom is 0.0776 e. The lowest BCUT2D eigenvalue weighted by Crippen LogP contribution is -1.88. The van der Waals surface area contributed by atoms with Crippen LogP contribution >= 0.6 is 0 Å². The van der Waals surface area contributed by atoms with Gasteiger partial charge in [-0.1, -0.05) is 72.8 Å². The summed E-state index contributed by atoms with van der Waals surface area (Å²) in [5.41, 5.74) is 4.59. The van der Waals surface area contributed by atoms with Crippen LogP contribution in [0.1, 0.15) is 17.5 Å². The second-order valence-corrected chi connectivity index (χ2v) is 4.44. The molecule has 0 bridgehead atoms. The summed E-state index contributed by atoms with van der Waals surface area (Å²) in [6.45, 7) is 0. The van der Waals surface area contributed by atoms with E-state index in [0.29, 0.717) is 0 Å². The van der Waals surface area contributed by atoms with E-state index in [4.69, 9.17) is 0 Å². The number of nitrogens with zero attached hydrogens (tertiary/aromatic N) is 1. The molecule has 2 aromatic carbocycles. The van der Waals surface area contributed by atoms with Gasteiger partial charge in [0.15, 0.2) is 0 Å². The topological polar surface area (TPSA) is 12.4 Å². The maximum atomic E-state index is 4.64. The molecule has 1 heterocycles. The van der Waals surface area contributed by atoms with Crippen molar-refractivity contribution in [3.63, 3.8) is 0 Å². The van der Waals surface area contributed by atoms with Crippen molar-refractivity contribution in [3.8, 4) is 0 Å². The Labute approximate surface area is 113 Å². The zero-order valence-electron chi connectivity index (χ0n) is 10.7. The second kappa shape index (κ2) is 5.49. The van der Waals surface area contributed by atoms with Crippen LogP contribution in [0.15, 0.2) is 77.8 Å². The van der Waals surface area contributed by atoms with E-state index in [2.05, 4.69) is 65.7 Å². The molecule has 0 saturated heterocycles. The van der Waals surface area contributed by atoms with Gasteiger partial charge in [-0.2, -0.15) is 0 Å². The lowest BCUT2D eigenvalue weighted by molar-refractivity contribution is 1.48. The summed E-state index contributed by atoms with van der Waals surface area (Å²) in [7, 11) is 0. The molecule has 0 fully saturated rings. The first-order valence-corrected chi connectivity index (χ1v) is 6.49. The van der Waals surface area contributed by atoms with Gasteiger partial charge in [0.2, 0.25) is 0 Å². The van der Waals surface area contributed by atoms with E-state index in [1.807, 2.05) is 18.3 Å². The van der Waals surface area contributed by atoms with Gasteiger partial charge in [-0.25, -0.2) is 0 Å². The highest BCUT2D eigenvalue weighted by Gasteiger charge is 2.09. The largest absolute Gasteiger partial charge is 0.260 e. The first kappa shape index (κ1) is 11.7. The van der Waals surface area contributed by atoms with Crippen molar-refractivity contribution < 1.29 is 0 Å². The zero-order chi connectivity index (χ0) is 12.9. The molecule has 1 nitrogen and oxygen atoms in total. The van der Waals surface area contributed by atoms with Gasteiger partial charge < -0.3 is 0 Å². The quantitative estimate of drug-likeness (QED) is 0.734. The predicted octanol–water partition coefficient (Wildman–Crippen LogP) is 4.59. The molecule has 2 aromatic rings. The Hall–Kier alpha value is -2.41. The molecule has 3 rings (SSSR count). The highest BCUT2D eigenvalue weighted by Crippen LogP contribution is 2.29. The molecule has 1 heteroatoms. The lowest BCUT2D eigenvalue weighted by Gasteiger charge is -2.08. The number of hydrogen-bond donors (Lipinski definition) is 0. The van der Waals surface area contributed by atoms with Crippen molar-refractivity contribution in [3.05, 3.63) is 83.9 Å². The first-order chi connectivity index (χ1) is 9.45. The predicted molar refractivity (Wildman–Crippen MR) is 81.9 cm³/mol. The van der Waals surface area contributed by atoms with Crippen molar-refractivity contribution >= 4 is 17.5 Å². The number of benzene rings is 2. The normalized spacial score (nSPS) is 14.5. The molecule has 0 N–H and O–H groups in total. The molecular weight excluding hydrogens is 230 g/mol. The molecule has 0 aromatic heterocycles. The summed E-state index contributed by atoms with van der Waals surface area (Å²) in [6.07, 6.45) is 7.17. The Morgan fingerprint density at radius 2 is 1.37 bits per heavy atom. The lowest BCUT2D eigenvalue weighted by atomic mass is 9.99. The molecule has 1 aliphatic heterocycles. The van der Waals surface area contributed by atoms with Crippen LogP contribution in [0, 0.1) is 0 Å². The third-order valence-corrected chi connectivity index (χ3v) is 3.13. The van der Waals surface area contributed by atoms with Crippen LogP contribution in [0.3, 0.4) is 0 Å². The second-order valence-electron chi connectivity index (χ2n) is 4.44. The average Bonchev–Trinajstić information content (AvgIpc) is 2.75. The van der Waals surface area contributed by atoms with Crippen LogP contribution in [0.2, 0.25) is 0 Å². The van der Waals surface area contributed by atoms with E-state index < -0.39 is 0 Å². The molecule has 0 unspecified atom stereocenters. The van der Waals surface area contributed by atoms with Crippen LogP contribution in [-0.4, -0.2) is 6.21 Å². The van der Waals surface area contributed by atoms with Gasteiger partial charge in [-0.3, -0.25) is 4.99 Å². The molecular formula is C18H15N. The Kier molecular flexibility index (Phi) is 3.37. The molecule has 92 valence electrons. The van der Waals surface area contributed by atoms with Gasteiger partial charge >= 0.3 is 0 Å². The van der Waals surface area contributed by atoms with Crippen molar-refractivity contribution in [2.45, 2.75) is 6.42 Å². The molecule has 0 aliphatic carbocycles. The molecule has 0 radical (unpaired) electrons. The Morgan fingerprint density at radius 1 is 0.737 bits per heavy atom. The van der Waals surface area contributed by atoms with Crippen molar-refractivity contribution in [1.82, 2.24) is 0 Å². The summed E-state index contributed by atoms with van der Waals surface area (Å²) in [5, 5.41) is 0. The van der Waals surface area contributed by atoms with E-state index in [1.54, 1.807) is 0 Å². The Bertz CT molecular complexity index is 576. The van der Waals surface area contributed by atoms with Crippen molar-refractivity contribution in [1.29, 1.82) is 0 Å². The molecule has 0 atom stereocenters. The van der Waals surface area contributed by atoms with Crippen LogP contribution in [0.25, 0.3) is 11.3 Å². The van der Waals surface area contributed by atoms with Gasteiger partial charge in [0.25, 0.3) is 0 Å². The van der Waals surface area contributed by atoms with Crippen LogP contribution in [0.5, 0.6) is 0 Å². The number of allylic oxidation sites excluding steroid dienone is 3. The average molecular weight is 245 g/mol. The number of hydrogen-bond acceptors (Lipinski definition) is 1. The van der Waals surface area contributed by atoms with Crippen molar-refractivity contribution in [2.24, 2.45) is 4.99 Å². The number of rotatable bonds is 2. The highest BCUT2D eigenvalue weighted by molar-refractivity contribution is 5.98. The van der Waals surface area contributed by atoms with Crippen LogP contribution in [-0.2, 0) is 0 Å². The standard InChI is InChI=1S/C18H15N/c1-3-9-15(10-4-1)17-13-7-8-14-19-18(17)16-11-5-2-6-12-16/h1-7,9-14H,8H2. The fourth-order valence-electron chi connectivity index (χ4n) is 2.22. The monoisotopic (exact) mass is 245 g/mol. The SMILES string of the molecule is C1=CC(c2ccccc2)=C(c2ccccc2)N=CC1. The first-order valence-electron chi connectivity index (χ1n) is 6.49. The van der Waals surface area contributed by atoms with Gasteiger partial charge in [0.1, 0.15) is 0 Å². The molecule has 1 aliphatic rings. The molecule has 19 heavy (non-hydrogen) atoms. The van der Waals surface area contributed by atoms with E-state index in [-0.39, 0.29) is 0 Å². The number of aliphatic imine (C=N–C) groups is 1. The minimum Gasteiger partial charge on any atom is -0.260 e. The highest BCUT2D eigenvalue weighted by atomic mass is 14.7. The van der Waals surface area contributed by atoms with Gasteiger partial charge in [0.05, 0.1) is 5.70 Å². The summed E-state index contributed by atoms with van der Waals surface area (Å²) >= 11 is 0. The summed E-state index contributed by atoms with van der Waals surface area (Å²) in [5.74, 6) is 0. The smallest absolute Gasteiger partial charge is 0.0776 e.